The predicted octanol–water partition coefficient (Wildman–Crippen LogP) is 7.85. The maximum atomic E-state index is 11.3. The van der Waals surface area contributed by atoms with E-state index in [9.17, 15) is 9.59 Å². The van der Waals surface area contributed by atoms with Crippen LogP contribution in [0.3, 0.4) is 0 Å². The number of benzene rings is 4. The van der Waals surface area contributed by atoms with Gasteiger partial charge in [0.2, 0.25) is 0 Å². The van der Waals surface area contributed by atoms with Crippen LogP contribution in [-0.2, 0) is 32.3 Å². The maximum Gasteiger partial charge on any atom is 0.330 e. The maximum absolute atomic E-state index is 11.3. The van der Waals surface area contributed by atoms with Crippen LogP contribution in [0.15, 0.2) is 122 Å². The first-order valence-electron chi connectivity index (χ1n) is 13.5. The monoisotopic (exact) mass is 558 g/mol. The quantitative estimate of drug-likeness (QED) is 0.100. The molecule has 0 heterocycles. The van der Waals surface area contributed by atoms with Gasteiger partial charge >= 0.3 is 11.9 Å². The van der Waals surface area contributed by atoms with Gasteiger partial charge in [-0.3, -0.25) is 0 Å². The van der Waals surface area contributed by atoms with E-state index in [-0.39, 0.29) is 13.2 Å². The molecule has 4 rings (SSSR count). The Hall–Kier alpha value is -5.36. The molecule has 0 saturated carbocycles. The molecule has 4 aromatic rings. The summed E-state index contributed by atoms with van der Waals surface area (Å²) in [6, 6.07) is 32.5. The van der Waals surface area contributed by atoms with Crippen LogP contribution in [0.25, 0.3) is 12.2 Å². The molecule has 0 fully saturated rings. The second-order valence-corrected chi connectivity index (χ2v) is 9.59. The fourth-order valence-electron chi connectivity index (χ4n) is 4.17. The molecule has 0 aliphatic heterocycles. The van der Waals surface area contributed by atoms with E-state index in [1.807, 2.05) is 62.6 Å². The van der Waals surface area contributed by atoms with Crippen LogP contribution in [0, 0.1) is 0 Å². The van der Waals surface area contributed by atoms with E-state index in [0.29, 0.717) is 0 Å². The van der Waals surface area contributed by atoms with E-state index in [1.165, 1.54) is 0 Å². The Morgan fingerprint density at radius 2 is 0.833 bits per heavy atom. The molecule has 0 radical (unpaired) electrons. The van der Waals surface area contributed by atoms with Crippen molar-refractivity contribution >= 4 is 46.8 Å². The zero-order valence-electron chi connectivity index (χ0n) is 23.9. The topological polar surface area (TPSA) is 59.1 Å². The first-order chi connectivity index (χ1) is 20.4. The molecular formula is C36H34N2O4. The Morgan fingerprint density at radius 1 is 0.548 bits per heavy atom. The number of carbonyl (C=O) groups is 2. The third kappa shape index (κ3) is 8.08. The van der Waals surface area contributed by atoms with E-state index in [4.69, 9.17) is 9.47 Å². The summed E-state index contributed by atoms with van der Waals surface area (Å²) in [6.07, 6.45) is 6.52. The molecule has 42 heavy (non-hydrogen) atoms. The molecule has 6 heteroatoms. The lowest BCUT2D eigenvalue weighted by Gasteiger charge is -2.20. The Kier molecular flexibility index (Phi) is 10.1. The van der Waals surface area contributed by atoms with E-state index in [0.717, 1.165) is 57.2 Å². The van der Waals surface area contributed by atoms with Gasteiger partial charge in [0, 0.05) is 49.0 Å². The molecule has 212 valence electrons. The summed E-state index contributed by atoms with van der Waals surface area (Å²) in [6.45, 7) is 7.26. The number of rotatable bonds is 12. The van der Waals surface area contributed by atoms with E-state index >= 15 is 0 Å². The predicted molar refractivity (Wildman–Crippen MR) is 171 cm³/mol. The molecule has 0 saturated heterocycles. The molecule has 0 amide bonds. The second-order valence-electron chi connectivity index (χ2n) is 9.59. The minimum atomic E-state index is -0.430. The zero-order chi connectivity index (χ0) is 29.9. The lowest BCUT2D eigenvalue weighted by Crippen LogP contribution is -2.09. The van der Waals surface area contributed by atoms with Crippen molar-refractivity contribution in [2.45, 2.75) is 13.2 Å². The summed E-state index contributed by atoms with van der Waals surface area (Å²) in [5.74, 6) is -0.860. The number of carbonyl (C=O) groups excluding carboxylic acids is 2. The van der Waals surface area contributed by atoms with Crippen LogP contribution in [0.2, 0.25) is 0 Å². The van der Waals surface area contributed by atoms with Crippen molar-refractivity contribution in [2.75, 3.05) is 23.9 Å². The summed E-state index contributed by atoms with van der Waals surface area (Å²) in [5, 5.41) is 0. The highest BCUT2D eigenvalue weighted by Crippen LogP contribution is 2.26. The highest BCUT2D eigenvalue weighted by atomic mass is 16.5. The standard InChI is InChI=1S/C36H34N2O4/c1-5-35(39)41-25-29-13-21-33(22-14-29)37(3)31-17-9-27(10-18-31)7-8-28-11-19-32(20-12-28)38(4)34-23-15-30(16-24-34)26-42-36(40)6-2/h5-24H,1-2,25-26H2,3-4H3. The van der Waals surface area contributed by atoms with Gasteiger partial charge in [0.05, 0.1) is 0 Å². The molecular weight excluding hydrogens is 524 g/mol. The molecule has 0 atom stereocenters. The lowest BCUT2D eigenvalue weighted by molar-refractivity contribution is -0.139. The van der Waals surface area contributed by atoms with Gasteiger partial charge in [-0.25, -0.2) is 9.59 Å². The van der Waals surface area contributed by atoms with Crippen LogP contribution >= 0.6 is 0 Å². The fraction of sp³-hybridized carbons (Fsp3) is 0.111. The first kappa shape index (κ1) is 29.6. The molecule has 0 spiro atoms. The average Bonchev–Trinajstić information content (AvgIpc) is 3.05. The van der Waals surface area contributed by atoms with Crippen molar-refractivity contribution < 1.29 is 19.1 Å². The number of anilines is 4. The van der Waals surface area contributed by atoms with Gasteiger partial charge in [0.1, 0.15) is 13.2 Å². The van der Waals surface area contributed by atoms with Crippen molar-refractivity contribution in [1.29, 1.82) is 0 Å². The van der Waals surface area contributed by atoms with Gasteiger partial charge in [0.15, 0.2) is 0 Å². The van der Waals surface area contributed by atoms with Crippen LogP contribution in [0.4, 0.5) is 22.7 Å². The van der Waals surface area contributed by atoms with Gasteiger partial charge in [0.25, 0.3) is 0 Å². The highest BCUT2D eigenvalue weighted by molar-refractivity contribution is 5.81. The number of nitrogens with zero attached hydrogens (tertiary/aromatic N) is 2. The molecule has 0 aromatic heterocycles. The summed E-state index contributed by atoms with van der Waals surface area (Å²) in [7, 11) is 4.04. The normalized spacial score (nSPS) is 10.6. The smallest absolute Gasteiger partial charge is 0.330 e. The molecule has 0 bridgehead atoms. The summed E-state index contributed by atoms with van der Waals surface area (Å²) in [5.41, 5.74) is 8.24. The number of ether oxygens (including phenoxy) is 2. The van der Waals surface area contributed by atoms with E-state index in [1.54, 1.807) is 0 Å². The Balaban J connectivity index is 1.32. The minimum absolute atomic E-state index is 0.223. The minimum Gasteiger partial charge on any atom is -0.458 e. The van der Waals surface area contributed by atoms with Crippen LogP contribution in [0.5, 0.6) is 0 Å². The lowest BCUT2D eigenvalue weighted by atomic mass is 10.1. The first-order valence-corrected chi connectivity index (χ1v) is 13.5. The fourth-order valence-corrected chi connectivity index (χ4v) is 4.17. The third-order valence-electron chi connectivity index (χ3n) is 6.77. The molecule has 0 N–H and O–H groups in total. The largest absolute Gasteiger partial charge is 0.458 e. The Bertz CT molecular complexity index is 1420. The van der Waals surface area contributed by atoms with Crippen LogP contribution < -0.4 is 9.80 Å². The molecule has 4 aromatic carbocycles. The van der Waals surface area contributed by atoms with Gasteiger partial charge in [-0.2, -0.15) is 0 Å². The summed E-state index contributed by atoms with van der Waals surface area (Å²) < 4.78 is 10.2. The van der Waals surface area contributed by atoms with Gasteiger partial charge in [-0.05, 0) is 70.8 Å². The van der Waals surface area contributed by atoms with Crippen molar-refractivity contribution in [2.24, 2.45) is 0 Å². The average molecular weight is 559 g/mol. The Labute approximate surface area is 247 Å². The molecule has 0 aliphatic carbocycles. The van der Waals surface area contributed by atoms with Crippen molar-refractivity contribution in [3.05, 3.63) is 145 Å². The number of hydrogen-bond acceptors (Lipinski definition) is 6. The number of esters is 2. The van der Waals surface area contributed by atoms with Crippen LogP contribution in [0.1, 0.15) is 22.3 Å². The number of hydrogen-bond donors (Lipinski definition) is 0. The second kappa shape index (κ2) is 14.3. The molecule has 6 nitrogen and oxygen atoms in total. The third-order valence-corrected chi connectivity index (χ3v) is 6.77. The van der Waals surface area contributed by atoms with Crippen molar-refractivity contribution in [3.8, 4) is 0 Å². The highest BCUT2D eigenvalue weighted by Gasteiger charge is 2.07. The molecule has 0 aliphatic rings. The zero-order valence-corrected chi connectivity index (χ0v) is 23.9. The SMILES string of the molecule is C=CC(=O)OCc1ccc(N(C)c2ccc(C=Cc3ccc(N(C)c4ccc(COC(=O)C=C)cc4)cc3)cc2)cc1. The van der Waals surface area contributed by atoms with Gasteiger partial charge in [-0.15, -0.1) is 0 Å². The van der Waals surface area contributed by atoms with E-state index in [2.05, 4.69) is 83.6 Å². The van der Waals surface area contributed by atoms with Crippen LogP contribution in [-0.4, -0.2) is 26.0 Å². The van der Waals surface area contributed by atoms with Gasteiger partial charge in [-0.1, -0.05) is 73.8 Å². The van der Waals surface area contributed by atoms with Crippen molar-refractivity contribution in [3.63, 3.8) is 0 Å². The molecule has 0 unspecified atom stereocenters. The summed E-state index contributed by atoms with van der Waals surface area (Å²) in [4.78, 5) is 26.7. The van der Waals surface area contributed by atoms with Gasteiger partial charge < -0.3 is 19.3 Å². The van der Waals surface area contributed by atoms with E-state index < -0.39 is 11.9 Å². The van der Waals surface area contributed by atoms with Crippen molar-refractivity contribution in [1.82, 2.24) is 0 Å². The Morgan fingerprint density at radius 3 is 1.12 bits per heavy atom. The summed E-state index contributed by atoms with van der Waals surface area (Å²) >= 11 is 0.